The van der Waals surface area contributed by atoms with Crippen molar-refractivity contribution in [3.05, 3.63) is 0 Å². The van der Waals surface area contributed by atoms with Crippen LogP contribution in [0.3, 0.4) is 0 Å². The zero-order valence-electron chi connectivity index (χ0n) is 5.55. The maximum Gasteiger partial charge on any atom is 0.154 e. The van der Waals surface area contributed by atoms with Crippen molar-refractivity contribution >= 4 is 11.1 Å². The smallest absolute Gasteiger partial charge is 0.154 e. The van der Waals surface area contributed by atoms with Crippen LogP contribution in [0.1, 0.15) is 13.8 Å². The van der Waals surface area contributed by atoms with Gasteiger partial charge in [0, 0.05) is 5.41 Å². The minimum Gasteiger partial charge on any atom is -0.306 e. The fourth-order valence-electron chi connectivity index (χ4n) is 0.350. The quantitative estimate of drug-likeness (QED) is 0.463. The van der Waals surface area contributed by atoms with Crippen LogP contribution in [0.5, 0.6) is 0 Å². The molecule has 0 amide bonds. The maximum atomic E-state index is 10.2. The molecule has 0 rings (SSSR count). The van der Waals surface area contributed by atoms with Crippen molar-refractivity contribution in [3.63, 3.8) is 0 Å². The Labute approximate surface area is 57.9 Å². The summed E-state index contributed by atoms with van der Waals surface area (Å²) in [6, 6.07) is 0. The van der Waals surface area contributed by atoms with Gasteiger partial charge in [0.2, 0.25) is 0 Å². The van der Waals surface area contributed by atoms with Gasteiger partial charge in [-0.15, -0.1) is 6.42 Å². The number of hydrogen-bond acceptors (Lipinski definition) is 1. The van der Waals surface area contributed by atoms with Gasteiger partial charge in [0.15, 0.2) is 11.1 Å². The van der Waals surface area contributed by atoms with E-state index in [0.717, 1.165) is 0 Å². The molecule has 0 fully saturated rings. The van der Waals surface area contributed by atoms with Gasteiger partial charge in [-0.1, -0.05) is 5.92 Å². The number of hydrogen-bond donors (Lipinski definition) is 1. The van der Waals surface area contributed by atoms with E-state index in [1.54, 1.807) is 13.8 Å². The van der Waals surface area contributed by atoms with Gasteiger partial charge in [-0.2, -0.15) is 0 Å². The van der Waals surface area contributed by atoms with Crippen LogP contribution >= 0.6 is 0 Å². The lowest BCUT2D eigenvalue weighted by Gasteiger charge is -2.12. The zero-order valence-corrected chi connectivity index (χ0v) is 6.36. The molecule has 2 nitrogen and oxygen atoms in total. The van der Waals surface area contributed by atoms with Gasteiger partial charge < -0.3 is 4.55 Å². The van der Waals surface area contributed by atoms with Crippen LogP contribution in [0, 0.1) is 17.8 Å². The highest BCUT2D eigenvalue weighted by Crippen LogP contribution is 2.13. The van der Waals surface area contributed by atoms with Crippen molar-refractivity contribution in [2.75, 3.05) is 5.75 Å². The van der Waals surface area contributed by atoms with Gasteiger partial charge in [0.1, 0.15) is 0 Å². The highest BCUT2D eigenvalue weighted by molar-refractivity contribution is 7.79. The summed E-state index contributed by atoms with van der Waals surface area (Å²) in [6.07, 6.45) is 5.06. The van der Waals surface area contributed by atoms with Crippen LogP contribution in [-0.2, 0) is 11.1 Å². The summed E-state index contributed by atoms with van der Waals surface area (Å²) >= 11 is -1.78. The summed E-state index contributed by atoms with van der Waals surface area (Å²) < 4.78 is 18.6. The Morgan fingerprint density at radius 2 is 2.22 bits per heavy atom. The summed E-state index contributed by atoms with van der Waals surface area (Å²) in [6.45, 7) is 3.50. The zero-order chi connectivity index (χ0) is 7.49. The molecule has 0 aromatic rings. The average molecular weight is 146 g/mol. The molecule has 0 aliphatic carbocycles. The van der Waals surface area contributed by atoms with E-state index in [1.807, 2.05) is 0 Å². The first-order valence-corrected chi connectivity index (χ1v) is 3.81. The Morgan fingerprint density at radius 3 is 2.33 bits per heavy atom. The molecule has 9 heavy (non-hydrogen) atoms. The van der Waals surface area contributed by atoms with Crippen molar-refractivity contribution in [2.45, 2.75) is 13.8 Å². The second kappa shape index (κ2) is 3.00. The van der Waals surface area contributed by atoms with Gasteiger partial charge in [0.25, 0.3) is 0 Å². The third kappa shape index (κ3) is 4.19. The van der Waals surface area contributed by atoms with Gasteiger partial charge in [-0.3, -0.25) is 0 Å². The largest absolute Gasteiger partial charge is 0.306 e. The van der Waals surface area contributed by atoms with E-state index >= 15 is 0 Å². The van der Waals surface area contributed by atoms with E-state index < -0.39 is 16.5 Å². The highest BCUT2D eigenvalue weighted by Gasteiger charge is 2.16. The van der Waals surface area contributed by atoms with E-state index in [4.69, 9.17) is 11.0 Å². The Morgan fingerprint density at radius 1 is 1.78 bits per heavy atom. The monoisotopic (exact) mass is 146 g/mol. The first-order valence-electron chi connectivity index (χ1n) is 2.53. The Bertz CT molecular complexity index is 155. The Hall–Kier alpha value is -0.330. The first-order chi connectivity index (χ1) is 3.98. The van der Waals surface area contributed by atoms with E-state index in [9.17, 15) is 4.21 Å². The average Bonchev–Trinajstić information content (AvgIpc) is 1.63. The fraction of sp³-hybridized carbons (Fsp3) is 0.667. The second-order valence-electron chi connectivity index (χ2n) is 2.49. The van der Waals surface area contributed by atoms with Crippen molar-refractivity contribution in [1.82, 2.24) is 0 Å². The lowest BCUT2D eigenvalue weighted by molar-refractivity contribution is 0.517. The standard InChI is InChI=1S/C6H10O2S/c1-4-6(2,3)5-9(7)8/h1H,5H2,2-3H3,(H,7,8). The predicted molar refractivity (Wildman–Crippen MR) is 38.3 cm³/mol. The normalized spacial score (nSPS) is 14.4. The molecular formula is C6H10O2S. The maximum absolute atomic E-state index is 10.2. The summed E-state index contributed by atoms with van der Waals surface area (Å²) in [5, 5.41) is 0. The molecule has 0 radical (unpaired) electrons. The van der Waals surface area contributed by atoms with E-state index in [0.29, 0.717) is 0 Å². The predicted octanol–water partition coefficient (Wildman–Crippen LogP) is 0.867. The van der Waals surface area contributed by atoms with Crippen molar-refractivity contribution in [1.29, 1.82) is 0 Å². The third-order valence-corrected chi connectivity index (χ3v) is 1.84. The molecule has 0 saturated heterocycles. The molecule has 1 N–H and O–H groups in total. The molecule has 0 aliphatic heterocycles. The third-order valence-electron chi connectivity index (χ3n) is 0.875. The van der Waals surface area contributed by atoms with Gasteiger partial charge in [0.05, 0.1) is 5.75 Å². The van der Waals surface area contributed by atoms with Crippen LogP contribution in [-0.4, -0.2) is 14.5 Å². The van der Waals surface area contributed by atoms with Crippen LogP contribution in [0.4, 0.5) is 0 Å². The molecule has 0 heterocycles. The lowest BCUT2D eigenvalue weighted by Crippen LogP contribution is -2.17. The van der Waals surface area contributed by atoms with Crippen LogP contribution < -0.4 is 0 Å². The molecule has 52 valence electrons. The van der Waals surface area contributed by atoms with E-state index in [1.165, 1.54) is 0 Å². The molecule has 0 bridgehead atoms. The van der Waals surface area contributed by atoms with Crippen LogP contribution in [0.2, 0.25) is 0 Å². The Kier molecular flexibility index (Phi) is 2.89. The number of terminal acetylenes is 1. The number of rotatable bonds is 2. The second-order valence-corrected chi connectivity index (χ2v) is 3.43. The summed E-state index contributed by atoms with van der Waals surface area (Å²) in [5.74, 6) is 2.56. The van der Waals surface area contributed by atoms with Gasteiger partial charge >= 0.3 is 0 Å². The van der Waals surface area contributed by atoms with Crippen molar-refractivity contribution in [2.24, 2.45) is 5.41 Å². The summed E-state index contributed by atoms with van der Waals surface area (Å²) in [7, 11) is 0. The van der Waals surface area contributed by atoms with Gasteiger partial charge in [-0.05, 0) is 13.8 Å². The van der Waals surface area contributed by atoms with Crippen molar-refractivity contribution in [3.8, 4) is 12.3 Å². The van der Waals surface area contributed by atoms with Crippen LogP contribution in [0.25, 0.3) is 0 Å². The minimum absolute atomic E-state index is 0.142. The molecule has 0 saturated carbocycles. The highest BCUT2D eigenvalue weighted by atomic mass is 32.2. The Balaban J connectivity index is 3.91. The lowest BCUT2D eigenvalue weighted by atomic mass is 9.98. The van der Waals surface area contributed by atoms with Gasteiger partial charge in [-0.25, -0.2) is 4.21 Å². The topological polar surface area (TPSA) is 37.3 Å². The SMILES string of the molecule is C#CC(C)(C)CS(=O)O. The van der Waals surface area contributed by atoms with Crippen molar-refractivity contribution < 1.29 is 8.76 Å². The van der Waals surface area contributed by atoms with E-state index in [-0.39, 0.29) is 5.75 Å². The first kappa shape index (κ1) is 8.67. The minimum atomic E-state index is -1.78. The molecule has 0 aromatic carbocycles. The molecule has 0 spiro atoms. The molecule has 0 aromatic heterocycles. The summed E-state index contributed by atoms with van der Waals surface area (Å²) in [5.41, 5.74) is -0.459. The molecule has 1 atom stereocenters. The molecule has 3 heteroatoms. The molecule has 0 aliphatic rings. The fourth-order valence-corrected chi connectivity index (χ4v) is 1.05. The van der Waals surface area contributed by atoms with E-state index in [2.05, 4.69) is 5.92 Å². The summed E-state index contributed by atoms with van der Waals surface area (Å²) in [4.78, 5) is 0. The molecule has 1 unspecified atom stereocenters. The van der Waals surface area contributed by atoms with Crippen LogP contribution in [0.15, 0.2) is 0 Å². The molecular weight excluding hydrogens is 136 g/mol.